The average molecular weight is 239 g/mol. The molecule has 6 heteroatoms. The van der Waals surface area contributed by atoms with E-state index in [4.69, 9.17) is 5.73 Å². The minimum absolute atomic E-state index is 0.251. The lowest BCUT2D eigenvalue weighted by atomic mass is 9.64. The lowest BCUT2D eigenvalue weighted by molar-refractivity contribution is -0.154. The Bertz CT molecular complexity index is 521. The molecule has 1 spiro atoms. The molecule has 1 saturated carbocycles. The smallest absolute Gasteiger partial charge is 0.251 e. The van der Waals surface area contributed by atoms with Gasteiger partial charge in [-0.1, -0.05) is 0 Å². The lowest BCUT2D eigenvalue weighted by Gasteiger charge is -2.42. The summed E-state index contributed by atoms with van der Waals surface area (Å²) in [7, 11) is 1.57. The van der Waals surface area contributed by atoms with Crippen molar-refractivity contribution in [2.45, 2.75) is 24.2 Å². The van der Waals surface area contributed by atoms with Crippen LogP contribution in [0.1, 0.15) is 18.5 Å². The maximum Gasteiger partial charge on any atom is 0.251 e. The van der Waals surface area contributed by atoms with Crippen molar-refractivity contribution in [3.05, 3.63) is 17.8 Å². The molecule has 17 heavy (non-hydrogen) atoms. The molecular formula is C11H11F2N3O. The van der Waals surface area contributed by atoms with Gasteiger partial charge < -0.3 is 10.6 Å². The third-order valence-electron chi connectivity index (χ3n) is 3.54. The van der Waals surface area contributed by atoms with Crippen molar-refractivity contribution in [2.75, 3.05) is 17.7 Å². The van der Waals surface area contributed by atoms with Gasteiger partial charge in [0.2, 0.25) is 5.91 Å². The number of rotatable bonds is 0. The summed E-state index contributed by atoms with van der Waals surface area (Å²) in [5, 5.41) is 0. The second kappa shape index (κ2) is 2.75. The van der Waals surface area contributed by atoms with E-state index in [1.165, 1.54) is 4.90 Å². The molecular weight excluding hydrogens is 228 g/mol. The summed E-state index contributed by atoms with van der Waals surface area (Å²) in [4.78, 5) is 17.5. The zero-order valence-electron chi connectivity index (χ0n) is 9.20. The number of nitrogen functional groups attached to an aromatic ring is 1. The molecule has 1 aromatic rings. The summed E-state index contributed by atoms with van der Waals surface area (Å²) < 4.78 is 26.2. The van der Waals surface area contributed by atoms with Gasteiger partial charge in [0.1, 0.15) is 11.2 Å². The normalized spacial score (nSPS) is 23.7. The number of nitrogens with two attached hydrogens (primary N) is 1. The number of halogens is 2. The molecule has 2 heterocycles. The van der Waals surface area contributed by atoms with E-state index in [1.807, 2.05) is 0 Å². The van der Waals surface area contributed by atoms with Crippen LogP contribution in [0, 0.1) is 0 Å². The van der Waals surface area contributed by atoms with E-state index in [0.29, 0.717) is 11.4 Å². The predicted molar refractivity (Wildman–Crippen MR) is 57.9 cm³/mol. The van der Waals surface area contributed by atoms with Gasteiger partial charge in [-0.2, -0.15) is 0 Å². The number of amides is 1. The van der Waals surface area contributed by atoms with Crippen LogP contribution in [-0.2, 0) is 10.2 Å². The van der Waals surface area contributed by atoms with E-state index in [2.05, 4.69) is 4.98 Å². The molecule has 1 amide bonds. The highest BCUT2D eigenvalue weighted by molar-refractivity contribution is 6.08. The fourth-order valence-corrected chi connectivity index (χ4v) is 2.77. The Morgan fingerprint density at radius 1 is 1.41 bits per heavy atom. The number of pyridine rings is 1. The summed E-state index contributed by atoms with van der Waals surface area (Å²) in [6.45, 7) is 0. The molecule has 1 aliphatic carbocycles. The number of fused-ring (bicyclic) bond motifs is 2. The Kier molecular flexibility index (Phi) is 1.69. The summed E-state index contributed by atoms with van der Waals surface area (Å²) >= 11 is 0. The summed E-state index contributed by atoms with van der Waals surface area (Å²) in [5.41, 5.74) is 5.39. The van der Waals surface area contributed by atoms with Crippen LogP contribution >= 0.6 is 0 Å². The Labute approximate surface area is 96.4 Å². The molecule has 0 atom stereocenters. The van der Waals surface area contributed by atoms with E-state index in [0.717, 1.165) is 0 Å². The second-order valence-electron chi connectivity index (χ2n) is 4.76. The number of likely N-dealkylation sites (N-methyl/N-ethyl adjacent to an activating group) is 1. The third kappa shape index (κ3) is 1.15. The quantitative estimate of drug-likeness (QED) is 0.742. The van der Waals surface area contributed by atoms with Gasteiger partial charge in [-0.25, -0.2) is 13.8 Å². The van der Waals surface area contributed by atoms with Crippen LogP contribution in [0.2, 0.25) is 0 Å². The molecule has 2 N–H and O–H groups in total. The molecule has 90 valence electrons. The fourth-order valence-electron chi connectivity index (χ4n) is 2.77. The number of hydrogen-bond donors (Lipinski definition) is 1. The highest BCUT2D eigenvalue weighted by atomic mass is 19.3. The van der Waals surface area contributed by atoms with Crippen LogP contribution in [0.3, 0.4) is 0 Å². The fraction of sp³-hybridized carbons (Fsp3) is 0.455. The molecule has 1 aromatic heterocycles. The number of alkyl halides is 2. The van der Waals surface area contributed by atoms with Gasteiger partial charge in [0.25, 0.3) is 5.92 Å². The molecule has 3 rings (SSSR count). The van der Waals surface area contributed by atoms with E-state index < -0.39 is 24.2 Å². The van der Waals surface area contributed by atoms with Crippen molar-refractivity contribution in [2.24, 2.45) is 0 Å². The van der Waals surface area contributed by atoms with Gasteiger partial charge in [0.05, 0.1) is 11.4 Å². The largest absolute Gasteiger partial charge is 0.384 e. The first-order chi connectivity index (χ1) is 7.86. The van der Waals surface area contributed by atoms with E-state index in [1.54, 1.807) is 19.2 Å². The second-order valence-corrected chi connectivity index (χ2v) is 4.76. The van der Waals surface area contributed by atoms with Crippen LogP contribution in [0.5, 0.6) is 0 Å². The highest BCUT2D eigenvalue weighted by Crippen LogP contribution is 2.58. The van der Waals surface area contributed by atoms with E-state index >= 15 is 0 Å². The minimum Gasteiger partial charge on any atom is -0.384 e. The minimum atomic E-state index is -2.77. The van der Waals surface area contributed by atoms with Gasteiger partial charge in [-0.05, 0) is 12.1 Å². The SMILES string of the molecule is CN1C(=O)C2(CC(F)(F)C2)c2nc(N)ccc21. The highest BCUT2D eigenvalue weighted by Gasteiger charge is 2.66. The number of aromatic nitrogens is 1. The zero-order chi connectivity index (χ0) is 12.4. The van der Waals surface area contributed by atoms with Crippen LogP contribution in [0.25, 0.3) is 0 Å². The standard InChI is InChI=1S/C11H11F2N3O/c1-16-6-2-3-7(14)15-8(6)10(9(16)17)4-11(12,13)5-10/h2-3H,4-5H2,1H3,(H2,14,15). The molecule has 2 aliphatic rings. The first-order valence-electron chi connectivity index (χ1n) is 5.29. The van der Waals surface area contributed by atoms with Crippen LogP contribution in [0.4, 0.5) is 20.3 Å². The Morgan fingerprint density at radius 2 is 2.06 bits per heavy atom. The summed E-state index contributed by atoms with van der Waals surface area (Å²) in [6, 6.07) is 3.22. The van der Waals surface area contributed by atoms with Crippen LogP contribution < -0.4 is 10.6 Å². The van der Waals surface area contributed by atoms with E-state index in [9.17, 15) is 13.6 Å². The van der Waals surface area contributed by atoms with Gasteiger partial charge in [0, 0.05) is 19.9 Å². The van der Waals surface area contributed by atoms with Crippen molar-refractivity contribution in [3.8, 4) is 0 Å². The van der Waals surface area contributed by atoms with Gasteiger partial charge in [-0.15, -0.1) is 0 Å². The monoisotopic (exact) mass is 239 g/mol. The van der Waals surface area contributed by atoms with Crippen molar-refractivity contribution < 1.29 is 13.6 Å². The van der Waals surface area contributed by atoms with Crippen LogP contribution in [-0.4, -0.2) is 23.9 Å². The average Bonchev–Trinajstić information content (AvgIpc) is 2.40. The van der Waals surface area contributed by atoms with Gasteiger partial charge in [-0.3, -0.25) is 4.79 Å². The third-order valence-corrected chi connectivity index (χ3v) is 3.54. The Hall–Kier alpha value is -1.72. The Morgan fingerprint density at radius 3 is 2.65 bits per heavy atom. The molecule has 0 unspecified atom stereocenters. The first-order valence-corrected chi connectivity index (χ1v) is 5.29. The Balaban J connectivity index is 2.15. The number of anilines is 2. The first kappa shape index (κ1) is 10.4. The lowest BCUT2D eigenvalue weighted by Crippen LogP contribution is -2.55. The maximum absolute atomic E-state index is 13.1. The van der Waals surface area contributed by atoms with Crippen molar-refractivity contribution in [1.29, 1.82) is 0 Å². The van der Waals surface area contributed by atoms with Crippen LogP contribution in [0.15, 0.2) is 12.1 Å². The molecule has 1 aliphatic heterocycles. The molecule has 0 radical (unpaired) electrons. The number of carbonyl (C=O) groups excluding carboxylic acids is 1. The van der Waals surface area contributed by atoms with Gasteiger partial charge in [0.15, 0.2) is 0 Å². The summed E-state index contributed by atoms with van der Waals surface area (Å²) in [6.07, 6.45) is -0.931. The molecule has 0 bridgehead atoms. The predicted octanol–water partition coefficient (Wildman–Crippen LogP) is 1.31. The number of hydrogen-bond acceptors (Lipinski definition) is 3. The molecule has 0 aromatic carbocycles. The summed E-state index contributed by atoms with van der Waals surface area (Å²) in [5.74, 6) is -2.83. The number of nitrogens with zero attached hydrogens (tertiary/aromatic N) is 2. The molecule has 1 fully saturated rings. The van der Waals surface area contributed by atoms with Gasteiger partial charge >= 0.3 is 0 Å². The van der Waals surface area contributed by atoms with Crippen molar-refractivity contribution in [1.82, 2.24) is 4.98 Å². The number of carbonyl (C=O) groups is 1. The van der Waals surface area contributed by atoms with Crippen molar-refractivity contribution in [3.63, 3.8) is 0 Å². The van der Waals surface area contributed by atoms with E-state index in [-0.39, 0.29) is 11.7 Å². The molecule has 0 saturated heterocycles. The zero-order valence-corrected chi connectivity index (χ0v) is 9.20. The van der Waals surface area contributed by atoms with Crippen molar-refractivity contribution >= 4 is 17.4 Å². The molecule has 4 nitrogen and oxygen atoms in total. The topological polar surface area (TPSA) is 59.2 Å². The maximum atomic E-state index is 13.1.